The molecule has 0 unspecified atom stereocenters. The molecular formula is C22H28N4O3. The number of nitrogens with one attached hydrogen (secondary N) is 2. The summed E-state index contributed by atoms with van der Waals surface area (Å²) in [5.74, 6) is 0.552. The van der Waals surface area contributed by atoms with Gasteiger partial charge in [-0.15, -0.1) is 0 Å². The van der Waals surface area contributed by atoms with Crippen LogP contribution in [0.5, 0.6) is 5.75 Å². The highest BCUT2D eigenvalue weighted by Crippen LogP contribution is 2.21. The zero-order valence-electron chi connectivity index (χ0n) is 16.9. The fourth-order valence-electron chi connectivity index (χ4n) is 3.37. The number of rotatable bonds is 6. The topological polar surface area (TPSA) is 73.9 Å². The van der Waals surface area contributed by atoms with Gasteiger partial charge in [-0.2, -0.15) is 0 Å². The van der Waals surface area contributed by atoms with Crippen LogP contribution < -0.4 is 20.3 Å². The van der Waals surface area contributed by atoms with E-state index in [4.69, 9.17) is 4.74 Å². The van der Waals surface area contributed by atoms with Crippen LogP contribution in [-0.2, 0) is 11.3 Å². The van der Waals surface area contributed by atoms with Crippen LogP contribution in [-0.4, -0.2) is 56.2 Å². The van der Waals surface area contributed by atoms with Crippen LogP contribution in [0.4, 0.5) is 10.5 Å². The van der Waals surface area contributed by atoms with Gasteiger partial charge in [-0.05, 0) is 36.8 Å². The summed E-state index contributed by atoms with van der Waals surface area (Å²) in [5, 5.41) is 5.16. The van der Waals surface area contributed by atoms with Crippen LogP contribution >= 0.6 is 0 Å². The van der Waals surface area contributed by atoms with Gasteiger partial charge in [-0.3, -0.25) is 15.0 Å². The van der Waals surface area contributed by atoms with Gasteiger partial charge in [0.05, 0.1) is 13.2 Å². The van der Waals surface area contributed by atoms with Crippen molar-refractivity contribution in [3.8, 4) is 5.75 Å². The van der Waals surface area contributed by atoms with Crippen LogP contribution in [0.2, 0.25) is 0 Å². The standard InChI is InChI=1S/C22H28N4O3/c1-17(21(27)24-22(28)23-16-18-6-4-3-5-7-18)25-12-14-26(15-13-25)19-8-10-20(29-2)11-9-19/h3-11,17H,12-16H2,1-2H3,(H2,23,24,27,28)/t17-/m0/s1. The van der Waals surface area contributed by atoms with Crippen molar-refractivity contribution in [2.24, 2.45) is 0 Å². The van der Waals surface area contributed by atoms with E-state index in [9.17, 15) is 9.59 Å². The van der Waals surface area contributed by atoms with Crippen LogP contribution in [0.3, 0.4) is 0 Å². The molecule has 29 heavy (non-hydrogen) atoms. The highest BCUT2D eigenvalue weighted by atomic mass is 16.5. The molecule has 1 saturated heterocycles. The average Bonchev–Trinajstić information content (AvgIpc) is 2.78. The number of ether oxygens (including phenoxy) is 1. The van der Waals surface area contributed by atoms with Crippen molar-refractivity contribution in [1.29, 1.82) is 0 Å². The third-order valence-corrected chi connectivity index (χ3v) is 5.21. The summed E-state index contributed by atoms with van der Waals surface area (Å²) in [6, 6.07) is 16.7. The van der Waals surface area contributed by atoms with Crippen LogP contribution in [0.25, 0.3) is 0 Å². The van der Waals surface area contributed by atoms with E-state index < -0.39 is 6.03 Å². The molecule has 1 fully saturated rings. The number of carbonyl (C=O) groups excluding carboxylic acids is 2. The lowest BCUT2D eigenvalue weighted by molar-refractivity contribution is -0.124. The first-order valence-electron chi connectivity index (χ1n) is 9.82. The Morgan fingerprint density at radius 2 is 1.66 bits per heavy atom. The van der Waals surface area contributed by atoms with Crippen molar-refractivity contribution < 1.29 is 14.3 Å². The van der Waals surface area contributed by atoms with E-state index in [1.165, 1.54) is 0 Å². The van der Waals surface area contributed by atoms with Crippen LogP contribution in [0, 0.1) is 0 Å². The second kappa shape index (κ2) is 9.93. The molecule has 0 bridgehead atoms. The van der Waals surface area contributed by atoms with Gasteiger partial charge in [0.1, 0.15) is 5.75 Å². The van der Waals surface area contributed by atoms with E-state index in [2.05, 4.69) is 20.4 Å². The molecule has 3 amide bonds. The molecule has 0 aliphatic carbocycles. The summed E-state index contributed by atoms with van der Waals surface area (Å²) < 4.78 is 5.20. The normalized spacial score (nSPS) is 15.4. The molecule has 0 spiro atoms. The summed E-state index contributed by atoms with van der Waals surface area (Å²) in [6.07, 6.45) is 0. The molecular weight excluding hydrogens is 368 g/mol. The fourth-order valence-corrected chi connectivity index (χ4v) is 3.37. The van der Waals surface area contributed by atoms with Gasteiger partial charge < -0.3 is 15.0 Å². The zero-order chi connectivity index (χ0) is 20.6. The quantitative estimate of drug-likeness (QED) is 0.783. The summed E-state index contributed by atoms with van der Waals surface area (Å²) in [7, 11) is 1.65. The van der Waals surface area contributed by atoms with Gasteiger partial charge in [0.25, 0.3) is 0 Å². The van der Waals surface area contributed by atoms with Gasteiger partial charge in [-0.1, -0.05) is 30.3 Å². The Bertz CT molecular complexity index is 803. The number of methoxy groups -OCH3 is 1. The maximum Gasteiger partial charge on any atom is 0.321 e. The Morgan fingerprint density at radius 1 is 1.00 bits per heavy atom. The van der Waals surface area contributed by atoms with E-state index >= 15 is 0 Å². The molecule has 0 saturated carbocycles. The smallest absolute Gasteiger partial charge is 0.321 e. The Kier molecular flexibility index (Phi) is 7.08. The van der Waals surface area contributed by atoms with E-state index in [1.54, 1.807) is 7.11 Å². The summed E-state index contributed by atoms with van der Waals surface area (Å²) in [4.78, 5) is 28.9. The van der Waals surface area contributed by atoms with Gasteiger partial charge in [-0.25, -0.2) is 4.79 Å². The minimum atomic E-state index is -0.470. The third kappa shape index (κ3) is 5.71. The molecule has 2 aromatic carbocycles. The number of urea groups is 1. The molecule has 0 radical (unpaired) electrons. The Labute approximate surface area is 171 Å². The lowest BCUT2D eigenvalue weighted by atomic mass is 10.2. The first-order chi connectivity index (χ1) is 14.1. The van der Waals surface area contributed by atoms with Gasteiger partial charge in [0, 0.05) is 38.4 Å². The van der Waals surface area contributed by atoms with Crippen molar-refractivity contribution in [2.45, 2.75) is 19.5 Å². The number of nitrogens with zero attached hydrogens (tertiary/aromatic N) is 2. The summed E-state index contributed by atoms with van der Waals surface area (Å²) in [5.41, 5.74) is 2.13. The van der Waals surface area contributed by atoms with Crippen molar-refractivity contribution in [3.05, 3.63) is 60.2 Å². The third-order valence-electron chi connectivity index (χ3n) is 5.21. The molecule has 1 aliphatic rings. The zero-order valence-corrected chi connectivity index (χ0v) is 16.9. The molecule has 154 valence electrons. The Morgan fingerprint density at radius 3 is 2.28 bits per heavy atom. The first kappa shape index (κ1) is 20.7. The monoisotopic (exact) mass is 396 g/mol. The Hall–Kier alpha value is -3.06. The summed E-state index contributed by atoms with van der Waals surface area (Å²) >= 11 is 0. The van der Waals surface area contributed by atoms with Gasteiger partial charge in [0.15, 0.2) is 0 Å². The molecule has 7 heteroatoms. The number of imide groups is 1. The van der Waals surface area contributed by atoms with E-state index in [0.29, 0.717) is 6.54 Å². The molecule has 2 N–H and O–H groups in total. The lowest BCUT2D eigenvalue weighted by Crippen LogP contribution is -2.55. The largest absolute Gasteiger partial charge is 0.497 e. The second-order valence-corrected chi connectivity index (χ2v) is 7.05. The molecule has 2 aromatic rings. The fraction of sp³-hybridized carbons (Fsp3) is 0.364. The van der Waals surface area contributed by atoms with Crippen molar-refractivity contribution >= 4 is 17.6 Å². The van der Waals surface area contributed by atoms with Crippen LogP contribution in [0.15, 0.2) is 54.6 Å². The minimum Gasteiger partial charge on any atom is -0.497 e. The van der Waals surface area contributed by atoms with Crippen molar-refractivity contribution in [1.82, 2.24) is 15.5 Å². The highest BCUT2D eigenvalue weighted by molar-refractivity contribution is 5.96. The molecule has 3 rings (SSSR count). The van der Waals surface area contributed by atoms with Gasteiger partial charge >= 0.3 is 6.03 Å². The molecule has 0 aromatic heterocycles. The number of piperazine rings is 1. The number of hydrogen-bond donors (Lipinski definition) is 2. The minimum absolute atomic E-state index is 0.284. The van der Waals surface area contributed by atoms with Crippen molar-refractivity contribution in [2.75, 3.05) is 38.2 Å². The predicted octanol–water partition coefficient (Wildman–Crippen LogP) is 2.23. The maximum absolute atomic E-state index is 12.4. The average molecular weight is 396 g/mol. The van der Waals surface area contributed by atoms with Crippen molar-refractivity contribution in [3.63, 3.8) is 0 Å². The highest BCUT2D eigenvalue weighted by Gasteiger charge is 2.26. The number of benzene rings is 2. The predicted molar refractivity (Wildman–Crippen MR) is 113 cm³/mol. The van der Waals surface area contributed by atoms with E-state index in [-0.39, 0.29) is 11.9 Å². The number of amides is 3. The summed E-state index contributed by atoms with van der Waals surface area (Å²) in [6.45, 7) is 5.38. The SMILES string of the molecule is COc1ccc(N2CCN([C@@H](C)C(=O)NC(=O)NCc3ccccc3)CC2)cc1. The number of hydrogen-bond acceptors (Lipinski definition) is 5. The van der Waals surface area contributed by atoms with Gasteiger partial charge in [0.2, 0.25) is 5.91 Å². The van der Waals surface area contributed by atoms with E-state index in [1.807, 2.05) is 61.5 Å². The molecule has 1 atom stereocenters. The maximum atomic E-state index is 12.4. The lowest BCUT2D eigenvalue weighted by Gasteiger charge is -2.38. The number of anilines is 1. The number of carbonyl (C=O) groups is 2. The van der Waals surface area contributed by atoms with Crippen LogP contribution in [0.1, 0.15) is 12.5 Å². The Balaban J connectivity index is 1.43. The second-order valence-electron chi connectivity index (χ2n) is 7.05. The molecule has 1 heterocycles. The molecule has 1 aliphatic heterocycles. The van der Waals surface area contributed by atoms with E-state index in [0.717, 1.165) is 43.2 Å². The molecule has 7 nitrogen and oxygen atoms in total. The first-order valence-corrected chi connectivity index (χ1v) is 9.82.